The number of nitro groups is 1. The van der Waals surface area contributed by atoms with E-state index in [9.17, 15) is 10.1 Å². The van der Waals surface area contributed by atoms with Crippen LogP contribution in [0.25, 0.3) is 0 Å². The van der Waals surface area contributed by atoms with E-state index in [4.69, 9.17) is 11.6 Å². The molecule has 0 radical (unpaired) electrons. The maximum Gasteiger partial charge on any atom is 0.269 e. The second kappa shape index (κ2) is 5.85. The van der Waals surface area contributed by atoms with E-state index in [-0.39, 0.29) is 16.0 Å². The molecule has 0 aliphatic rings. The highest BCUT2D eigenvalue weighted by Gasteiger charge is 2.11. The predicted octanol–water partition coefficient (Wildman–Crippen LogP) is 3.85. The third-order valence-corrected chi connectivity index (χ3v) is 2.95. The topological polar surface area (TPSA) is 43.1 Å². The fourth-order valence-electron chi connectivity index (χ4n) is 1.68. The molecule has 0 amide bonds. The van der Waals surface area contributed by atoms with E-state index in [0.717, 1.165) is 30.4 Å². The van der Waals surface area contributed by atoms with Crippen LogP contribution in [-0.4, -0.2) is 10.3 Å². The van der Waals surface area contributed by atoms with Crippen LogP contribution in [0.2, 0.25) is 0 Å². The molecule has 1 atom stereocenters. The first-order valence-electron chi connectivity index (χ1n) is 5.42. The number of aryl methyl sites for hydroxylation is 1. The third kappa shape index (κ3) is 3.49. The second-order valence-electron chi connectivity index (χ2n) is 3.96. The van der Waals surface area contributed by atoms with E-state index in [1.165, 1.54) is 6.07 Å². The highest BCUT2D eigenvalue weighted by molar-refractivity contribution is 6.20. The Morgan fingerprint density at radius 2 is 2.19 bits per heavy atom. The molecule has 0 aliphatic carbocycles. The largest absolute Gasteiger partial charge is 0.269 e. The lowest BCUT2D eigenvalue weighted by Gasteiger charge is -2.10. The Kier molecular flexibility index (Phi) is 4.74. The molecule has 0 spiro atoms. The molecule has 0 aromatic heterocycles. The maximum absolute atomic E-state index is 10.6. The molecule has 88 valence electrons. The standard InChI is InChI=1S/C12H16ClNO2/c1-3-4-11(13)8-10-5-6-12(14(15)16)7-9(10)2/h5-7,11H,3-4,8H2,1-2H3. The molecule has 1 unspecified atom stereocenters. The highest BCUT2D eigenvalue weighted by Crippen LogP contribution is 2.20. The summed E-state index contributed by atoms with van der Waals surface area (Å²) in [5.74, 6) is 0. The van der Waals surface area contributed by atoms with Crippen LogP contribution in [0.5, 0.6) is 0 Å². The summed E-state index contributed by atoms with van der Waals surface area (Å²) >= 11 is 6.16. The molecule has 1 aromatic carbocycles. The summed E-state index contributed by atoms with van der Waals surface area (Å²) in [6.45, 7) is 3.98. The first kappa shape index (κ1) is 13.0. The monoisotopic (exact) mass is 241 g/mol. The van der Waals surface area contributed by atoms with Crippen LogP contribution < -0.4 is 0 Å². The van der Waals surface area contributed by atoms with Crippen molar-refractivity contribution in [1.82, 2.24) is 0 Å². The molecule has 0 heterocycles. The minimum atomic E-state index is -0.374. The van der Waals surface area contributed by atoms with Crippen molar-refractivity contribution in [3.63, 3.8) is 0 Å². The van der Waals surface area contributed by atoms with Crippen LogP contribution in [0.3, 0.4) is 0 Å². The maximum atomic E-state index is 10.6. The van der Waals surface area contributed by atoms with Gasteiger partial charge in [0.05, 0.1) is 4.92 Å². The summed E-state index contributed by atoms with van der Waals surface area (Å²) in [6.07, 6.45) is 2.80. The average Bonchev–Trinajstić information content (AvgIpc) is 2.21. The van der Waals surface area contributed by atoms with Gasteiger partial charge in [-0.25, -0.2) is 0 Å². The zero-order chi connectivity index (χ0) is 12.1. The van der Waals surface area contributed by atoms with Gasteiger partial charge < -0.3 is 0 Å². The minimum absolute atomic E-state index is 0.116. The molecule has 1 rings (SSSR count). The lowest BCUT2D eigenvalue weighted by atomic mass is 10.0. The summed E-state index contributed by atoms with van der Waals surface area (Å²) in [5, 5.41) is 10.7. The Hall–Kier alpha value is -1.09. The first-order chi connectivity index (χ1) is 7.54. The number of hydrogen-bond donors (Lipinski definition) is 0. The zero-order valence-corrected chi connectivity index (χ0v) is 10.3. The minimum Gasteiger partial charge on any atom is -0.258 e. The fourth-order valence-corrected chi connectivity index (χ4v) is 2.06. The molecule has 16 heavy (non-hydrogen) atoms. The Labute approximate surface area is 101 Å². The Morgan fingerprint density at radius 1 is 1.50 bits per heavy atom. The molecule has 1 aromatic rings. The molecule has 4 heteroatoms. The predicted molar refractivity (Wildman–Crippen MR) is 66.1 cm³/mol. The molecule has 0 bridgehead atoms. The molecule has 3 nitrogen and oxygen atoms in total. The number of rotatable bonds is 5. The normalized spacial score (nSPS) is 12.4. The van der Waals surface area contributed by atoms with E-state index in [0.29, 0.717) is 0 Å². The van der Waals surface area contributed by atoms with E-state index in [2.05, 4.69) is 6.92 Å². The van der Waals surface area contributed by atoms with Gasteiger partial charge in [-0.15, -0.1) is 11.6 Å². The summed E-state index contributed by atoms with van der Waals surface area (Å²) in [7, 11) is 0. The number of nitro benzene ring substituents is 1. The van der Waals surface area contributed by atoms with Gasteiger partial charge in [0.25, 0.3) is 5.69 Å². The van der Waals surface area contributed by atoms with Crippen molar-refractivity contribution < 1.29 is 4.92 Å². The molecule has 0 fully saturated rings. The number of non-ortho nitro benzene ring substituents is 1. The highest BCUT2D eigenvalue weighted by atomic mass is 35.5. The van der Waals surface area contributed by atoms with Crippen LogP contribution in [0, 0.1) is 17.0 Å². The lowest BCUT2D eigenvalue weighted by Crippen LogP contribution is -2.04. The number of halogens is 1. The number of hydrogen-bond acceptors (Lipinski definition) is 2. The van der Waals surface area contributed by atoms with Crippen molar-refractivity contribution in [1.29, 1.82) is 0 Å². The van der Waals surface area contributed by atoms with Gasteiger partial charge >= 0.3 is 0 Å². The lowest BCUT2D eigenvalue weighted by molar-refractivity contribution is -0.384. The van der Waals surface area contributed by atoms with Gasteiger partial charge in [-0.05, 0) is 30.9 Å². The second-order valence-corrected chi connectivity index (χ2v) is 4.58. The first-order valence-corrected chi connectivity index (χ1v) is 5.86. The van der Waals surface area contributed by atoms with Gasteiger partial charge in [-0.3, -0.25) is 10.1 Å². The molecule has 0 saturated heterocycles. The summed E-state index contributed by atoms with van der Waals surface area (Å²) in [5.41, 5.74) is 2.18. The molecule has 0 N–H and O–H groups in total. The summed E-state index contributed by atoms with van der Waals surface area (Å²) < 4.78 is 0. The van der Waals surface area contributed by atoms with E-state index in [1.807, 2.05) is 6.92 Å². The molecule has 0 saturated carbocycles. The van der Waals surface area contributed by atoms with Crippen LogP contribution in [0.4, 0.5) is 5.69 Å². The van der Waals surface area contributed by atoms with Gasteiger partial charge in [-0.2, -0.15) is 0 Å². The van der Waals surface area contributed by atoms with E-state index < -0.39 is 0 Å². The van der Waals surface area contributed by atoms with E-state index >= 15 is 0 Å². The van der Waals surface area contributed by atoms with Crippen molar-refractivity contribution in [2.45, 2.75) is 38.5 Å². The van der Waals surface area contributed by atoms with Crippen LogP contribution in [0.15, 0.2) is 18.2 Å². The van der Waals surface area contributed by atoms with Gasteiger partial charge in [-0.1, -0.05) is 19.4 Å². The molecular weight excluding hydrogens is 226 g/mol. The van der Waals surface area contributed by atoms with Crippen molar-refractivity contribution in [2.75, 3.05) is 0 Å². The van der Waals surface area contributed by atoms with Crippen LogP contribution in [0.1, 0.15) is 30.9 Å². The summed E-state index contributed by atoms with van der Waals surface area (Å²) in [4.78, 5) is 10.2. The Morgan fingerprint density at radius 3 is 2.69 bits per heavy atom. The third-order valence-electron chi connectivity index (χ3n) is 2.58. The van der Waals surface area contributed by atoms with E-state index in [1.54, 1.807) is 12.1 Å². The number of benzene rings is 1. The van der Waals surface area contributed by atoms with Gasteiger partial charge in [0.2, 0.25) is 0 Å². The van der Waals surface area contributed by atoms with Crippen LogP contribution in [-0.2, 0) is 6.42 Å². The Bertz CT molecular complexity index is 379. The number of nitrogens with zero attached hydrogens (tertiary/aromatic N) is 1. The zero-order valence-electron chi connectivity index (χ0n) is 9.57. The Balaban J connectivity index is 2.79. The summed E-state index contributed by atoms with van der Waals surface area (Å²) in [6, 6.07) is 4.95. The quantitative estimate of drug-likeness (QED) is 0.446. The molecule has 0 aliphatic heterocycles. The van der Waals surface area contributed by atoms with Crippen molar-refractivity contribution in [3.8, 4) is 0 Å². The fraction of sp³-hybridized carbons (Fsp3) is 0.500. The van der Waals surface area contributed by atoms with Gasteiger partial charge in [0.15, 0.2) is 0 Å². The smallest absolute Gasteiger partial charge is 0.258 e. The van der Waals surface area contributed by atoms with Gasteiger partial charge in [0.1, 0.15) is 0 Å². The molecular formula is C12H16ClNO2. The van der Waals surface area contributed by atoms with Crippen molar-refractivity contribution in [2.24, 2.45) is 0 Å². The van der Waals surface area contributed by atoms with Crippen molar-refractivity contribution >= 4 is 17.3 Å². The number of alkyl halides is 1. The van der Waals surface area contributed by atoms with Crippen molar-refractivity contribution in [3.05, 3.63) is 39.4 Å². The van der Waals surface area contributed by atoms with Crippen LogP contribution >= 0.6 is 11.6 Å². The van der Waals surface area contributed by atoms with Gasteiger partial charge in [0, 0.05) is 17.5 Å². The SMILES string of the molecule is CCCC(Cl)Cc1ccc([N+](=O)[O-])cc1C. The average molecular weight is 242 g/mol.